The summed E-state index contributed by atoms with van der Waals surface area (Å²) in [6.07, 6.45) is 1.53. The molecule has 2 heterocycles. The summed E-state index contributed by atoms with van der Waals surface area (Å²) < 4.78 is 0.942. The summed E-state index contributed by atoms with van der Waals surface area (Å²) in [6, 6.07) is 13.2. The number of rotatable bonds is 2. The second kappa shape index (κ2) is 5.38. The summed E-state index contributed by atoms with van der Waals surface area (Å²) in [5.74, 6) is 0.386. The zero-order valence-corrected chi connectivity index (χ0v) is 12.4. The van der Waals surface area contributed by atoms with Gasteiger partial charge < -0.3 is 11.1 Å². The molecule has 21 heavy (non-hydrogen) atoms. The molecule has 0 radical (unpaired) electrons. The molecule has 2 aromatic heterocycles. The van der Waals surface area contributed by atoms with Crippen molar-refractivity contribution in [2.24, 2.45) is 0 Å². The Hall–Kier alpha value is -2.65. The molecule has 0 saturated carbocycles. The number of halogens is 1. The van der Waals surface area contributed by atoms with Crippen LogP contribution in [0.3, 0.4) is 0 Å². The molecular formula is C15H10BrN5. The molecule has 0 saturated heterocycles. The number of nitrogens with one attached hydrogen (secondary N) is 1. The van der Waals surface area contributed by atoms with Crippen molar-refractivity contribution >= 4 is 44.2 Å². The number of hydrogen-bond acceptors (Lipinski definition) is 5. The molecule has 0 fully saturated rings. The maximum Gasteiger partial charge on any atom is 0.124 e. The Morgan fingerprint density at radius 1 is 1.24 bits per heavy atom. The van der Waals surface area contributed by atoms with E-state index < -0.39 is 0 Å². The van der Waals surface area contributed by atoms with E-state index in [2.05, 4.69) is 37.3 Å². The van der Waals surface area contributed by atoms with Crippen LogP contribution in [0.2, 0.25) is 0 Å². The molecule has 3 rings (SSSR count). The maximum atomic E-state index is 9.28. The summed E-state index contributed by atoms with van der Waals surface area (Å²) in [5, 5.41) is 12.5. The van der Waals surface area contributed by atoms with E-state index in [4.69, 9.17) is 5.73 Å². The summed E-state index contributed by atoms with van der Waals surface area (Å²) in [6.45, 7) is 0. The molecule has 6 heteroatoms. The van der Waals surface area contributed by atoms with E-state index in [0.29, 0.717) is 28.1 Å². The quantitative estimate of drug-likeness (QED) is 0.744. The van der Waals surface area contributed by atoms with Gasteiger partial charge in [-0.05, 0) is 30.3 Å². The van der Waals surface area contributed by atoms with E-state index in [-0.39, 0.29) is 0 Å². The summed E-state index contributed by atoms with van der Waals surface area (Å²) >= 11 is 3.42. The number of hydrogen-bond donors (Lipinski definition) is 2. The van der Waals surface area contributed by atoms with Crippen LogP contribution < -0.4 is 11.1 Å². The lowest BCUT2D eigenvalue weighted by molar-refractivity contribution is 1.31. The highest BCUT2D eigenvalue weighted by Crippen LogP contribution is 2.28. The Balaban J connectivity index is 2.19. The Kier molecular flexibility index (Phi) is 3.42. The van der Waals surface area contributed by atoms with Crippen molar-refractivity contribution in [3.05, 3.63) is 52.6 Å². The standard InChI is InChI=1S/C15H10BrN5/c16-10-2-1-3-11(6-10)20-14-9(7-17)8-19-12-4-5-13(18)21-15(12)14/h1-6,8H,(H2,18,21)(H,19,20). The molecule has 3 aromatic rings. The largest absolute Gasteiger partial charge is 0.384 e. The Morgan fingerprint density at radius 2 is 2.10 bits per heavy atom. The van der Waals surface area contributed by atoms with Gasteiger partial charge >= 0.3 is 0 Å². The lowest BCUT2D eigenvalue weighted by Gasteiger charge is -2.11. The average Bonchev–Trinajstić information content (AvgIpc) is 2.48. The highest BCUT2D eigenvalue weighted by molar-refractivity contribution is 9.10. The predicted molar refractivity (Wildman–Crippen MR) is 86.1 cm³/mol. The monoisotopic (exact) mass is 339 g/mol. The number of nitrogens with two attached hydrogens (primary N) is 1. The number of nitrogens with zero attached hydrogens (tertiary/aromatic N) is 3. The van der Waals surface area contributed by atoms with Crippen molar-refractivity contribution < 1.29 is 0 Å². The number of benzene rings is 1. The number of nitrogen functional groups attached to an aromatic ring is 1. The molecule has 0 bridgehead atoms. The zero-order valence-electron chi connectivity index (χ0n) is 10.8. The first-order valence-electron chi connectivity index (χ1n) is 6.15. The van der Waals surface area contributed by atoms with E-state index in [1.807, 2.05) is 24.3 Å². The molecule has 3 N–H and O–H groups in total. The van der Waals surface area contributed by atoms with Crippen LogP contribution in [-0.2, 0) is 0 Å². The van der Waals surface area contributed by atoms with Crippen molar-refractivity contribution in [1.29, 1.82) is 5.26 Å². The molecule has 102 valence electrons. The third kappa shape index (κ3) is 2.64. The number of nitriles is 1. The predicted octanol–water partition coefficient (Wildman–Crippen LogP) is 3.59. The molecule has 1 aromatic carbocycles. The first-order chi connectivity index (χ1) is 10.2. The van der Waals surface area contributed by atoms with Crippen LogP contribution in [0, 0.1) is 11.3 Å². The van der Waals surface area contributed by atoms with Gasteiger partial charge in [0.25, 0.3) is 0 Å². The topological polar surface area (TPSA) is 87.6 Å². The molecule has 0 atom stereocenters. The molecule has 0 spiro atoms. The van der Waals surface area contributed by atoms with E-state index in [1.54, 1.807) is 12.1 Å². The Labute approximate surface area is 129 Å². The van der Waals surface area contributed by atoms with E-state index in [1.165, 1.54) is 6.20 Å². The number of fused-ring (bicyclic) bond motifs is 1. The van der Waals surface area contributed by atoms with Gasteiger partial charge in [-0.15, -0.1) is 0 Å². The third-order valence-corrected chi connectivity index (χ3v) is 3.44. The second-order valence-corrected chi connectivity index (χ2v) is 5.31. The second-order valence-electron chi connectivity index (χ2n) is 4.40. The van der Waals surface area contributed by atoms with Crippen LogP contribution in [0.15, 0.2) is 47.1 Å². The SMILES string of the molecule is N#Cc1cnc2ccc(N)nc2c1Nc1cccc(Br)c1. The molecular weight excluding hydrogens is 330 g/mol. The average molecular weight is 340 g/mol. The number of pyridine rings is 2. The fraction of sp³-hybridized carbons (Fsp3) is 0. The molecule has 5 nitrogen and oxygen atoms in total. The lowest BCUT2D eigenvalue weighted by Crippen LogP contribution is -2.00. The zero-order chi connectivity index (χ0) is 14.8. The van der Waals surface area contributed by atoms with Crippen molar-refractivity contribution in [1.82, 2.24) is 9.97 Å². The normalized spacial score (nSPS) is 10.3. The van der Waals surface area contributed by atoms with Crippen LogP contribution >= 0.6 is 15.9 Å². The smallest absolute Gasteiger partial charge is 0.124 e. The van der Waals surface area contributed by atoms with Gasteiger partial charge in [0, 0.05) is 16.4 Å². The highest BCUT2D eigenvalue weighted by atomic mass is 79.9. The van der Waals surface area contributed by atoms with Crippen molar-refractivity contribution in [2.45, 2.75) is 0 Å². The third-order valence-electron chi connectivity index (χ3n) is 2.95. The van der Waals surface area contributed by atoms with Crippen LogP contribution in [0.25, 0.3) is 11.0 Å². The molecule has 0 unspecified atom stereocenters. The Bertz CT molecular complexity index is 870. The number of aromatic nitrogens is 2. The molecule has 0 aliphatic carbocycles. The van der Waals surface area contributed by atoms with Gasteiger partial charge in [0.05, 0.1) is 16.8 Å². The number of anilines is 3. The summed E-state index contributed by atoms with van der Waals surface area (Å²) in [5.41, 5.74) is 8.87. The minimum absolute atomic E-state index is 0.386. The van der Waals surface area contributed by atoms with Crippen LogP contribution in [0.1, 0.15) is 5.56 Å². The van der Waals surface area contributed by atoms with Gasteiger partial charge in [0.1, 0.15) is 17.4 Å². The highest BCUT2D eigenvalue weighted by Gasteiger charge is 2.11. The van der Waals surface area contributed by atoms with Crippen LogP contribution in [-0.4, -0.2) is 9.97 Å². The fourth-order valence-electron chi connectivity index (χ4n) is 2.00. The maximum absolute atomic E-state index is 9.28. The first-order valence-corrected chi connectivity index (χ1v) is 6.94. The lowest BCUT2D eigenvalue weighted by atomic mass is 10.2. The van der Waals surface area contributed by atoms with E-state index in [0.717, 1.165) is 10.2 Å². The van der Waals surface area contributed by atoms with E-state index in [9.17, 15) is 5.26 Å². The van der Waals surface area contributed by atoms with Crippen LogP contribution in [0.5, 0.6) is 0 Å². The van der Waals surface area contributed by atoms with Gasteiger partial charge in [-0.3, -0.25) is 4.98 Å². The van der Waals surface area contributed by atoms with Crippen molar-refractivity contribution in [2.75, 3.05) is 11.1 Å². The van der Waals surface area contributed by atoms with Crippen LogP contribution in [0.4, 0.5) is 17.2 Å². The van der Waals surface area contributed by atoms with Gasteiger partial charge in [0.2, 0.25) is 0 Å². The van der Waals surface area contributed by atoms with Gasteiger partial charge in [-0.2, -0.15) is 5.26 Å². The minimum atomic E-state index is 0.386. The van der Waals surface area contributed by atoms with Gasteiger partial charge in [-0.1, -0.05) is 22.0 Å². The van der Waals surface area contributed by atoms with Gasteiger partial charge in [0.15, 0.2) is 0 Å². The molecule has 0 aliphatic heterocycles. The first kappa shape index (κ1) is 13.3. The van der Waals surface area contributed by atoms with Crippen molar-refractivity contribution in [3.8, 4) is 6.07 Å². The summed E-state index contributed by atoms with van der Waals surface area (Å²) in [4.78, 5) is 8.52. The van der Waals surface area contributed by atoms with Gasteiger partial charge in [-0.25, -0.2) is 4.98 Å². The van der Waals surface area contributed by atoms with E-state index >= 15 is 0 Å². The molecule has 0 amide bonds. The summed E-state index contributed by atoms with van der Waals surface area (Å²) in [7, 11) is 0. The van der Waals surface area contributed by atoms with Crippen molar-refractivity contribution in [3.63, 3.8) is 0 Å². The minimum Gasteiger partial charge on any atom is -0.384 e. The Morgan fingerprint density at radius 3 is 2.86 bits per heavy atom. The fourth-order valence-corrected chi connectivity index (χ4v) is 2.40. The molecule has 0 aliphatic rings.